The van der Waals surface area contributed by atoms with E-state index in [9.17, 15) is 22.8 Å². The number of anilines is 1. The second-order valence-corrected chi connectivity index (χ2v) is 7.04. The predicted molar refractivity (Wildman–Crippen MR) is 108 cm³/mol. The fourth-order valence-electron chi connectivity index (χ4n) is 3.13. The molecule has 12 heteroatoms. The van der Waals surface area contributed by atoms with Crippen LogP contribution in [0, 0.1) is 0 Å². The van der Waals surface area contributed by atoms with Crippen LogP contribution in [0.4, 0.5) is 18.9 Å². The van der Waals surface area contributed by atoms with Gasteiger partial charge in [-0.2, -0.15) is 18.3 Å². The second-order valence-electron chi connectivity index (χ2n) is 7.04. The Labute approximate surface area is 178 Å². The maximum atomic E-state index is 12.5. The highest BCUT2D eigenvalue weighted by molar-refractivity contribution is 6.04. The SMILES string of the molecule is NC1CCc2ncc(NC(=O)c3n[nH]c4ccccc4c3=O)cc2C1.O=C(O)C(F)(F)F. The van der Waals surface area contributed by atoms with Gasteiger partial charge in [-0.25, -0.2) is 4.79 Å². The molecule has 2 aromatic heterocycles. The molecule has 1 amide bonds. The number of rotatable bonds is 2. The van der Waals surface area contributed by atoms with Crippen LogP contribution in [-0.2, 0) is 17.6 Å². The standard InChI is InChI=1S/C18H17N5O2.C2HF3O2/c19-11-5-6-14-10(7-11)8-12(9-20-14)21-18(25)16-17(24)13-3-1-2-4-15(13)22-23-16;3-2(4,5)1(6)7/h1-4,8-9,11H,5-7,19H2,(H,21,25)(H,22,24);(H,6,7). The molecule has 2 heterocycles. The van der Waals surface area contributed by atoms with E-state index in [4.69, 9.17) is 15.6 Å². The van der Waals surface area contributed by atoms with Crippen LogP contribution in [0.1, 0.15) is 28.2 Å². The summed E-state index contributed by atoms with van der Waals surface area (Å²) < 4.78 is 31.7. The maximum absolute atomic E-state index is 12.5. The van der Waals surface area contributed by atoms with Gasteiger partial charge in [-0.3, -0.25) is 19.7 Å². The number of benzene rings is 1. The third kappa shape index (κ3) is 5.27. The quantitative estimate of drug-likeness (QED) is 0.467. The Morgan fingerprint density at radius 2 is 1.94 bits per heavy atom. The zero-order valence-electron chi connectivity index (χ0n) is 16.4. The highest BCUT2D eigenvalue weighted by Gasteiger charge is 2.38. The second kappa shape index (κ2) is 9.14. The van der Waals surface area contributed by atoms with E-state index >= 15 is 0 Å². The van der Waals surface area contributed by atoms with Crippen molar-refractivity contribution in [1.82, 2.24) is 15.2 Å². The van der Waals surface area contributed by atoms with Gasteiger partial charge < -0.3 is 16.2 Å². The highest BCUT2D eigenvalue weighted by atomic mass is 19.4. The van der Waals surface area contributed by atoms with E-state index in [1.54, 1.807) is 30.5 Å². The number of nitrogens with two attached hydrogens (primary N) is 1. The van der Waals surface area contributed by atoms with Gasteiger partial charge in [-0.15, -0.1) is 0 Å². The van der Waals surface area contributed by atoms with E-state index in [0.29, 0.717) is 16.6 Å². The molecule has 0 radical (unpaired) electrons. The zero-order chi connectivity index (χ0) is 23.5. The Hall–Kier alpha value is -3.80. The fraction of sp³-hybridized carbons (Fsp3) is 0.250. The van der Waals surface area contributed by atoms with Crippen LogP contribution in [0.3, 0.4) is 0 Å². The Morgan fingerprint density at radius 3 is 2.62 bits per heavy atom. The van der Waals surface area contributed by atoms with Gasteiger partial charge in [0.1, 0.15) is 0 Å². The monoisotopic (exact) mass is 449 g/mol. The summed E-state index contributed by atoms with van der Waals surface area (Å²) in [5.74, 6) is -3.32. The molecule has 0 bridgehead atoms. The first-order chi connectivity index (χ1) is 15.1. The number of aliphatic carboxylic acids is 1. The normalized spacial score (nSPS) is 15.3. The molecule has 0 spiro atoms. The molecule has 0 saturated carbocycles. The molecule has 0 aliphatic heterocycles. The number of aromatic amines is 1. The Morgan fingerprint density at radius 1 is 1.25 bits per heavy atom. The smallest absolute Gasteiger partial charge is 0.475 e. The lowest BCUT2D eigenvalue weighted by molar-refractivity contribution is -0.192. The lowest BCUT2D eigenvalue weighted by atomic mass is 9.92. The summed E-state index contributed by atoms with van der Waals surface area (Å²) in [7, 11) is 0. The summed E-state index contributed by atoms with van der Waals surface area (Å²) in [6.45, 7) is 0. The van der Waals surface area contributed by atoms with Crippen LogP contribution in [0.25, 0.3) is 10.9 Å². The molecule has 9 nitrogen and oxygen atoms in total. The summed E-state index contributed by atoms with van der Waals surface area (Å²) in [5, 5.41) is 16.9. The van der Waals surface area contributed by atoms with Gasteiger partial charge >= 0.3 is 12.1 Å². The number of fused-ring (bicyclic) bond motifs is 2. The van der Waals surface area contributed by atoms with E-state index < -0.39 is 23.5 Å². The largest absolute Gasteiger partial charge is 0.490 e. The minimum absolute atomic E-state index is 0.116. The van der Waals surface area contributed by atoms with Gasteiger partial charge in [0.25, 0.3) is 5.91 Å². The first-order valence-electron chi connectivity index (χ1n) is 9.38. The van der Waals surface area contributed by atoms with Crippen LogP contribution < -0.4 is 16.5 Å². The number of hydrogen-bond acceptors (Lipinski definition) is 6. The van der Waals surface area contributed by atoms with Crippen molar-refractivity contribution in [3.8, 4) is 0 Å². The lowest BCUT2D eigenvalue weighted by Gasteiger charge is -2.21. The molecule has 0 saturated heterocycles. The van der Waals surface area contributed by atoms with Crippen molar-refractivity contribution < 1.29 is 27.9 Å². The number of carboxylic acid groups (broad SMARTS) is 1. The van der Waals surface area contributed by atoms with Crippen LogP contribution in [0.5, 0.6) is 0 Å². The van der Waals surface area contributed by atoms with Crippen LogP contribution in [-0.4, -0.2) is 44.4 Å². The van der Waals surface area contributed by atoms with E-state index in [1.165, 1.54) is 0 Å². The van der Waals surface area contributed by atoms with Gasteiger partial charge in [0.15, 0.2) is 5.69 Å². The first kappa shape index (κ1) is 22.9. The molecule has 3 aromatic rings. The maximum Gasteiger partial charge on any atom is 0.490 e. The molecule has 5 N–H and O–H groups in total. The van der Waals surface area contributed by atoms with E-state index in [-0.39, 0.29) is 11.7 Å². The van der Waals surface area contributed by atoms with E-state index in [2.05, 4.69) is 20.5 Å². The van der Waals surface area contributed by atoms with E-state index in [0.717, 1.165) is 30.5 Å². The number of para-hydroxylation sites is 1. The summed E-state index contributed by atoms with van der Waals surface area (Å²) in [6.07, 6.45) is -0.984. The molecular weight excluding hydrogens is 431 g/mol. The number of carbonyl (C=O) groups is 2. The number of alkyl halides is 3. The average Bonchev–Trinajstić information content (AvgIpc) is 2.73. The molecular formula is C20H18F3N5O4. The average molecular weight is 449 g/mol. The summed E-state index contributed by atoms with van der Waals surface area (Å²) in [5.41, 5.74) is 8.60. The van der Waals surface area contributed by atoms with Crippen molar-refractivity contribution in [2.75, 3.05) is 5.32 Å². The number of aryl methyl sites for hydroxylation is 1. The molecule has 1 atom stereocenters. The zero-order valence-corrected chi connectivity index (χ0v) is 16.4. The van der Waals surface area contributed by atoms with Gasteiger partial charge in [0, 0.05) is 17.1 Å². The lowest BCUT2D eigenvalue weighted by Crippen LogP contribution is -2.29. The number of nitrogens with one attached hydrogen (secondary N) is 2. The number of carboxylic acids is 1. The molecule has 32 heavy (non-hydrogen) atoms. The number of amides is 1. The fourth-order valence-corrected chi connectivity index (χ4v) is 3.13. The van der Waals surface area contributed by atoms with Crippen molar-refractivity contribution in [2.45, 2.75) is 31.5 Å². The number of nitrogens with zero attached hydrogens (tertiary/aromatic N) is 2. The number of carbonyl (C=O) groups excluding carboxylic acids is 1. The van der Waals surface area contributed by atoms with Crippen molar-refractivity contribution in [1.29, 1.82) is 0 Å². The van der Waals surface area contributed by atoms with Crippen molar-refractivity contribution in [2.24, 2.45) is 5.73 Å². The highest BCUT2D eigenvalue weighted by Crippen LogP contribution is 2.22. The third-order valence-electron chi connectivity index (χ3n) is 4.68. The van der Waals surface area contributed by atoms with E-state index in [1.807, 2.05) is 6.07 Å². The summed E-state index contributed by atoms with van der Waals surface area (Å²) in [4.78, 5) is 38.2. The van der Waals surface area contributed by atoms with Crippen molar-refractivity contribution in [3.63, 3.8) is 0 Å². The molecule has 168 valence electrons. The van der Waals surface area contributed by atoms with Gasteiger partial charge in [-0.1, -0.05) is 12.1 Å². The molecule has 1 aliphatic carbocycles. The van der Waals surface area contributed by atoms with Crippen molar-refractivity contribution in [3.05, 3.63) is 63.7 Å². The topological polar surface area (TPSA) is 151 Å². The number of pyridine rings is 1. The van der Waals surface area contributed by atoms with Crippen molar-refractivity contribution >= 4 is 28.5 Å². The first-order valence-corrected chi connectivity index (χ1v) is 9.38. The third-order valence-corrected chi connectivity index (χ3v) is 4.68. The molecule has 1 aromatic carbocycles. The van der Waals surface area contributed by atoms with Gasteiger partial charge in [0.2, 0.25) is 5.43 Å². The van der Waals surface area contributed by atoms with Crippen LogP contribution in [0.15, 0.2) is 41.3 Å². The van der Waals surface area contributed by atoms with Gasteiger partial charge in [0.05, 0.1) is 17.4 Å². The van der Waals surface area contributed by atoms with Crippen LogP contribution >= 0.6 is 0 Å². The van der Waals surface area contributed by atoms with Gasteiger partial charge in [-0.05, 0) is 43.0 Å². The number of hydrogen-bond donors (Lipinski definition) is 4. The molecule has 4 rings (SSSR count). The number of aromatic nitrogens is 3. The molecule has 1 aliphatic rings. The Balaban J connectivity index is 0.000000360. The minimum atomic E-state index is -5.08. The van der Waals surface area contributed by atoms with Crippen LogP contribution in [0.2, 0.25) is 0 Å². The molecule has 1 unspecified atom stereocenters. The summed E-state index contributed by atoms with van der Waals surface area (Å²) in [6, 6.07) is 8.93. The Kier molecular flexibility index (Phi) is 6.53. The Bertz CT molecular complexity index is 1230. The number of H-pyrrole nitrogens is 1. The summed E-state index contributed by atoms with van der Waals surface area (Å²) >= 11 is 0. The number of halogens is 3. The molecule has 0 fully saturated rings. The predicted octanol–water partition coefficient (Wildman–Crippen LogP) is 2.02. The minimum Gasteiger partial charge on any atom is -0.475 e.